The van der Waals surface area contributed by atoms with E-state index in [9.17, 15) is 4.79 Å². The highest BCUT2D eigenvalue weighted by atomic mass is 16.1. The standard InChI is InChI=1S/C19H28O/c1-18-11-4-3-5-13(18)6-7-14-15-8-9-17(20)19(15,2)12-10-16(14)18/h10,13-15H,3-9,11-12H2,1-2H3/t13-,14+,15+,18+,19+/m1/s1. The van der Waals surface area contributed by atoms with Crippen molar-refractivity contribution in [3.05, 3.63) is 11.6 Å². The van der Waals surface area contributed by atoms with Gasteiger partial charge in [-0.3, -0.25) is 4.79 Å². The van der Waals surface area contributed by atoms with Crippen LogP contribution in [0.15, 0.2) is 11.6 Å². The zero-order valence-electron chi connectivity index (χ0n) is 13.1. The summed E-state index contributed by atoms with van der Waals surface area (Å²) in [6.07, 6.45) is 14.1. The smallest absolute Gasteiger partial charge is 0.139 e. The molecule has 20 heavy (non-hydrogen) atoms. The van der Waals surface area contributed by atoms with E-state index in [1.807, 2.05) is 0 Å². The van der Waals surface area contributed by atoms with Crippen molar-refractivity contribution < 1.29 is 4.79 Å². The van der Waals surface area contributed by atoms with Gasteiger partial charge in [0.1, 0.15) is 5.78 Å². The molecular weight excluding hydrogens is 244 g/mol. The van der Waals surface area contributed by atoms with Crippen molar-refractivity contribution in [2.24, 2.45) is 28.6 Å². The van der Waals surface area contributed by atoms with E-state index in [0.717, 1.165) is 31.1 Å². The van der Waals surface area contributed by atoms with E-state index in [4.69, 9.17) is 0 Å². The quantitative estimate of drug-likeness (QED) is 0.573. The molecule has 0 bridgehead atoms. The first-order valence-electron chi connectivity index (χ1n) is 8.79. The Morgan fingerprint density at radius 1 is 1.05 bits per heavy atom. The van der Waals surface area contributed by atoms with Gasteiger partial charge in [-0.05, 0) is 61.7 Å². The molecule has 3 saturated carbocycles. The summed E-state index contributed by atoms with van der Waals surface area (Å²) >= 11 is 0. The Morgan fingerprint density at radius 2 is 1.90 bits per heavy atom. The van der Waals surface area contributed by atoms with Crippen LogP contribution in [0.5, 0.6) is 0 Å². The average molecular weight is 272 g/mol. The van der Waals surface area contributed by atoms with Gasteiger partial charge in [0.05, 0.1) is 0 Å². The molecule has 0 radical (unpaired) electrons. The molecule has 0 aromatic rings. The summed E-state index contributed by atoms with van der Waals surface area (Å²) in [5.41, 5.74) is 2.26. The fourth-order valence-corrected chi connectivity index (χ4v) is 6.34. The van der Waals surface area contributed by atoms with Crippen LogP contribution in [0, 0.1) is 28.6 Å². The summed E-state index contributed by atoms with van der Waals surface area (Å²) < 4.78 is 0. The Morgan fingerprint density at radius 3 is 2.75 bits per heavy atom. The van der Waals surface area contributed by atoms with Gasteiger partial charge >= 0.3 is 0 Å². The van der Waals surface area contributed by atoms with Crippen LogP contribution in [-0.4, -0.2) is 5.78 Å². The fraction of sp³-hybridized carbons (Fsp3) is 0.842. The Hall–Kier alpha value is -0.590. The van der Waals surface area contributed by atoms with E-state index in [2.05, 4.69) is 19.9 Å². The first kappa shape index (κ1) is 13.1. The molecule has 0 heterocycles. The molecule has 0 unspecified atom stereocenters. The summed E-state index contributed by atoms with van der Waals surface area (Å²) in [6.45, 7) is 4.81. The van der Waals surface area contributed by atoms with Crippen LogP contribution in [0.4, 0.5) is 0 Å². The summed E-state index contributed by atoms with van der Waals surface area (Å²) in [5.74, 6) is 2.88. The molecule has 5 atom stereocenters. The molecule has 0 aromatic carbocycles. The van der Waals surface area contributed by atoms with Gasteiger partial charge in [-0.1, -0.05) is 38.3 Å². The first-order valence-corrected chi connectivity index (χ1v) is 8.79. The third-order valence-electron chi connectivity index (χ3n) is 7.65. The van der Waals surface area contributed by atoms with Crippen molar-refractivity contribution in [1.82, 2.24) is 0 Å². The van der Waals surface area contributed by atoms with Gasteiger partial charge in [0.2, 0.25) is 0 Å². The van der Waals surface area contributed by atoms with Crippen LogP contribution < -0.4 is 0 Å². The van der Waals surface area contributed by atoms with E-state index in [1.54, 1.807) is 5.57 Å². The van der Waals surface area contributed by atoms with Gasteiger partial charge in [-0.15, -0.1) is 0 Å². The summed E-state index contributed by atoms with van der Waals surface area (Å²) in [7, 11) is 0. The maximum Gasteiger partial charge on any atom is 0.139 e. The minimum absolute atomic E-state index is 0.00791. The highest BCUT2D eigenvalue weighted by Gasteiger charge is 2.56. The van der Waals surface area contributed by atoms with Crippen molar-refractivity contribution in [2.45, 2.75) is 71.6 Å². The third kappa shape index (κ3) is 1.53. The molecule has 1 nitrogen and oxygen atoms in total. The van der Waals surface area contributed by atoms with Gasteiger partial charge in [-0.25, -0.2) is 0 Å². The Kier molecular flexibility index (Phi) is 2.76. The second-order valence-corrected chi connectivity index (χ2v) is 8.39. The highest BCUT2D eigenvalue weighted by molar-refractivity contribution is 5.87. The number of carbonyl (C=O) groups is 1. The molecule has 0 aliphatic heterocycles. The van der Waals surface area contributed by atoms with Crippen LogP contribution in [0.2, 0.25) is 0 Å². The van der Waals surface area contributed by atoms with E-state index in [0.29, 0.717) is 17.1 Å². The number of ketones is 1. The maximum absolute atomic E-state index is 12.3. The predicted octanol–water partition coefficient (Wildman–Crippen LogP) is 4.91. The second-order valence-electron chi connectivity index (χ2n) is 8.39. The van der Waals surface area contributed by atoms with Crippen LogP contribution in [0.3, 0.4) is 0 Å². The predicted molar refractivity (Wildman–Crippen MR) is 81.3 cm³/mol. The normalized spacial score (nSPS) is 51.0. The lowest BCUT2D eigenvalue weighted by atomic mass is 9.49. The third-order valence-corrected chi connectivity index (χ3v) is 7.65. The Bertz CT molecular complexity index is 476. The van der Waals surface area contributed by atoms with E-state index < -0.39 is 0 Å². The van der Waals surface area contributed by atoms with Gasteiger partial charge in [0, 0.05) is 11.8 Å². The molecule has 110 valence electrons. The van der Waals surface area contributed by atoms with E-state index in [1.165, 1.54) is 38.5 Å². The van der Waals surface area contributed by atoms with Crippen molar-refractivity contribution >= 4 is 5.78 Å². The molecule has 0 amide bonds. The largest absolute Gasteiger partial charge is 0.299 e. The molecule has 4 aliphatic rings. The summed E-state index contributed by atoms with van der Waals surface area (Å²) in [5, 5.41) is 0. The van der Waals surface area contributed by atoms with Gasteiger partial charge in [0.25, 0.3) is 0 Å². The zero-order chi connectivity index (χ0) is 14.0. The van der Waals surface area contributed by atoms with Crippen molar-refractivity contribution in [3.63, 3.8) is 0 Å². The van der Waals surface area contributed by atoms with Crippen LogP contribution in [0.1, 0.15) is 71.6 Å². The molecule has 3 fully saturated rings. The van der Waals surface area contributed by atoms with E-state index >= 15 is 0 Å². The highest BCUT2D eigenvalue weighted by Crippen LogP contribution is 2.63. The van der Waals surface area contributed by atoms with Crippen LogP contribution in [0.25, 0.3) is 0 Å². The lowest BCUT2D eigenvalue weighted by Gasteiger charge is -2.55. The molecule has 4 aliphatic carbocycles. The van der Waals surface area contributed by atoms with Crippen LogP contribution in [-0.2, 0) is 4.79 Å². The minimum atomic E-state index is -0.00791. The fourth-order valence-electron chi connectivity index (χ4n) is 6.34. The number of carbonyl (C=O) groups excluding carboxylic acids is 1. The van der Waals surface area contributed by atoms with E-state index in [-0.39, 0.29) is 5.41 Å². The second kappa shape index (κ2) is 4.21. The SMILES string of the molecule is C[C@]12CCCC[C@@H]1CC[C@@H]1C2=CC[C@]2(C)C(=O)CC[C@@H]12. The lowest BCUT2D eigenvalue weighted by Crippen LogP contribution is -2.46. The Labute approximate surface area is 123 Å². The van der Waals surface area contributed by atoms with Gasteiger partial charge < -0.3 is 0 Å². The molecule has 4 rings (SSSR count). The minimum Gasteiger partial charge on any atom is -0.299 e. The van der Waals surface area contributed by atoms with Crippen molar-refractivity contribution in [3.8, 4) is 0 Å². The molecule has 0 spiro atoms. The summed E-state index contributed by atoms with van der Waals surface area (Å²) in [4.78, 5) is 12.3. The number of hydrogen-bond donors (Lipinski definition) is 0. The lowest BCUT2D eigenvalue weighted by molar-refractivity contribution is -0.127. The number of fused-ring (bicyclic) bond motifs is 5. The van der Waals surface area contributed by atoms with Gasteiger partial charge in [0.15, 0.2) is 0 Å². The van der Waals surface area contributed by atoms with Crippen molar-refractivity contribution in [2.75, 3.05) is 0 Å². The number of rotatable bonds is 0. The molecule has 0 N–H and O–H groups in total. The maximum atomic E-state index is 12.3. The number of allylic oxidation sites excluding steroid dienone is 2. The molecule has 1 heteroatoms. The molecule has 0 saturated heterocycles. The molecule has 0 aromatic heterocycles. The number of hydrogen-bond acceptors (Lipinski definition) is 1. The first-order chi connectivity index (χ1) is 9.56. The number of Topliss-reactive ketones (excluding diaryl/α,β-unsaturated/α-hetero) is 1. The van der Waals surface area contributed by atoms with Crippen LogP contribution >= 0.6 is 0 Å². The monoisotopic (exact) mass is 272 g/mol. The molecular formula is C19H28O. The zero-order valence-corrected chi connectivity index (χ0v) is 13.1. The average Bonchev–Trinajstić information content (AvgIpc) is 2.74. The Balaban J connectivity index is 1.74. The topological polar surface area (TPSA) is 17.1 Å². The summed E-state index contributed by atoms with van der Waals surface area (Å²) in [6, 6.07) is 0. The van der Waals surface area contributed by atoms with Gasteiger partial charge in [-0.2, -0.15) is 0 Å². The van der Waals surface area contributed by atoms with Crippen molar-refractivity contribution in [1.29, 1.82) is 0 Å².